The summed E-state index contributed by atoms with van der Waals surface area (Å²) in [5, 5.41) is 7.11. The Balaban J connectivity index is 3.70. The van der Waals surface area contributed by atoms with Crippen molar-refractivity contribution >= 4 is 5.71 Å². The van der Waals surface area contributed by atoms with Crippen molar-refractivity contribution in [1.82, 2.24) is 0 Å². The van der Waals surface area contributed by atoms with Crippen LogP contribution >= 0.6 is 0 Å². The van der Waals surface area contributed by atoms with Crippen LogP contribution in [0.4, 0.5) is 0 Å². The van der Waals surface area contributed by atoms with Crippen LogP contribution in [0.15, 0.2) is 11.8 Å². The fourth-order valence-electron chi connectivity index (χ4n) is 0.377. The van der Waals surface area contributed by atoms with Crippen molar-refractivity contribution in [2.45, 2.75) is 20.3 Å². The number of hydrogen-bond donors (Lipinski definition) is 2. The molecule has 0 amide bonds. The fraction of sp³-hybridized carbons (Fsp3) is 0.500. The van der Waals surface area contributed by atoms with Crippen LogP contribution in [0.1, 0.15) is 20.3 Å². The van der Waals surface area contributed by atoms with E-state index in [4.69, 9.17) is 11.1 Å². The van der Waals surface area contributed by atoms with Gasteiger partial charge < -0.3 is 11.1 Å². The third-order valence-corrected chi connectivity index (χ3v) is 0.783. The molecule has 0 rings (SSSR count). The minimum atomic E-state index is 0.588. The molecule has 0 unspecified atom stereocenters. The second kappa shape index (κ2) is 3.24. The van der Waals surface area contributed by atoms with Crippen LogP contribution in [0.25, 0.3) is 0 Å². The molecule has 0 radical (unpaired) electrons. The molecule has 0 aromatic heterocycles. The first kappa shape index (κ1) is 7.21. The lowest BCUT2D eigenvalue weighted by atomic mass is 10.2. The molecule has 0 aromatic rings. The van der Waals surface area contributed by atoms with Gasteiger partial charge in [0.25, 0.3) is 0 Å². The van der Waals surface area contributed by atoms with Crippen molar-refractivity contribution in [1.29, 1.82) is 5.41 Å². The van der Waals surface area contributed by atoms with Gasteiger partial charge in [0.2, 0.25) is 0 Å². The molecule has 0 fully saturated rings. The van der Waals surface area contributed by atoms with Gasteiger partial charge >= 0.3 is 0 Å². The zero-order valence-electron chi connectivity index (χ0n) is 5.36. The fourth-order valence-corrected chi connectivity index (χ4v) is 0.377. The van der Waals surface area contributed by atoms with E-state index in [0.717, 1.165) is 6.42 Å². The summed E-state index contributed by atoms with van der Waals surface area (Å²) in [7, 11) is 0. The Morgan fingerprint density at radius 1 is 1.75 bits per heavy atom. The largest absolute Gasteiger partial charge is 0.402 e. The van der Waals surface area contributed by atoms with Gasteiger partial charge in [0.1, 0.15) is 0 Å². The van der Waals surface area contributed by atoms with Gasteiger partial charge in [-0.1, -0.05) is 6.92 Å². The number of nitrogens with two attached hydrogens (primary N) is 1. The highest BCUT2D eigenvalue weighted by Crippen LogP contribution is 1.86. The standard InChI is InChI=1S/C6H12N2/c1-3-6(8)4-5(2)7/h4,8H,3,7H2,1-2H3. The van der Waals surface area contributed by atoms with Crippen LogP contribution in [-0.4, -0.2) is 5.71 Å². The smallest absolute Gasteiger partial charge is 0.0328 e. The summed E-state index contributed by atoms with van der Waals surface area (Å²) in [5.74, 6) is 0. The summed E-state index contributed by atoms with van der Waals surface area (Å²) in [5.41, 5.74) is 6.58. The number of rotatable bonds is 2. The predicted octanol–water partition coefficient (Wildman–Crippen LogP) is 1.28. The van der Waals surface area contributed by atoms with Gasteiger partial charge in [0, 0.05) is 11.4 Å². The van der Waals surface area contributed by atoms with Crippen molar-refractivity contribution in [2.24, 2.45) is 5.73 Å². The van der Waals surface area contributed by atoms with Gasteiger partial charge in [-0.25, -0.2) is 0 Å². The predicted molar refractivity (Wildman–Crippen MR) is 36.0 cm³/mol. The summed E-state index contributed by atoms with van der Waals surface area (Å²) >= 11 is 0. The van der Waals surface area contributed by atoms with E-state index in [-0.39, 0.29) is 0 Å². The molecule has 0 aliphatic heterocycles. The van der Waals surface area contributed by atoms with Crippen molar-refractivity contribution < 1.29 is 0 Å². The molecule has 0 atom stereocenters. The van der Waals surface area contributed by atoms with E-state index in [1.807, 2.05) is 6.92 Å². The molecule has 0 aliphatic rings. The van der Waals surface area contributed by atoms with E-state index in [2.05, 4.69) is 0 Å². The Kier molecular flexibility index (Phi) is 2.92. The maximum absolute atomic E-state index is 7.11. The van der Waals surface area contributed by atoms with Crippen LogP contribution < -0.4 is 5.73 Å². The maximum atomic E-state index is 7.11. The average Bonchev–Trinajstić information content (AvgIpc) is 1.65. The number of allylic oxidation sites excluding steroid dienone is 2. The Labute approximate surface area is 49.9 Å². The first-order valence-electron chi connectivity index (χ1n) is 2.68. The lowest BCUT2D eigenvalue weighted by molar-refractivity contribution is 1.23. The first-order chi connectivity index (χ1) is 3.66. The first-order valence-corrected chi connectivity index (χ1v) is 2.68. The van der Waals surface area contributed by atoms with E-state index < -0.39 is 0 Å². The van der Waals surface area contributed by atoms with Gasteiger partial charge in [-0.15, -0.1) is 0 Å². The van der Waals surface area contributed by atoms with Crippen molar-refractivity contribution in [3.63, 3.8) is 0 Å². The Hall–Kier alpha value is -0.790. The summed E-state index contributed by atoms with van der Waals surface area (Å²) in [6.45, 7) is 3.71. The molecule has 0 bridgehead atoms. The monoisotopic (exact) mass is 112 g/mol. The van der Waals surface area contributed by atoms with Gasteiger partial charge in [-0.3, -0.25) is 0 Å². The maximum Gasteiger partial charge on any atom is 0.0328 e. The molecular weight excluding hydrogens is 100 g/mol. The van der Waals surface area contributed by atoms with Crippen LogP contribution in [0.3, 0.4) is 0 Å². The number of hydrogen-bond acceptors (Lipinski definition) is 2. The van der Waals surface area contributed by atoms with E-state index in [0.29, 0.717) is 11.4 Å². The molecule has 0 spiro atoms. The molecular formula is C6H12N2. The van der Waals surface area contributed by atoms with E-state index in [1.54, 1.807) is 13.0 Å². The Bertz CT molecular complexity index is 110. The molecule has 2 nitrogen and oxygen atoms in total. The highest BCUT2D eigenvalue weighted by Gasteiger charge is 1.83. The molecule has 0 saturated carbocycles. The van der Waals surface area contributed by atoms with Gasteiger partial charge in [-0.2, -0.15) is 0 Å². The van der Waals surface area contributed by atoms with Crippen molar-refractivity contribution in [2.75, 3.05) is 0 Å². The SMILES string of the molecule is CCC(=N)C=C(C)N. The van der Waals surface area contributed by atoms with Gasteiger partial charge in [0.15, 0.2) is 0 Å². The zero-order valence-corrected chi connectivity index (χ0v) is 5.36. The Morgan fingerprint density at radius 2 is 2.25 bits per heavy atom. The second-order valence-electron chi connectivity index (χ2n) is 1.77. The topological polar surface area (TPSA) is 49.9 Å². The van der Waals surface area contributed by atoms with E-state index in [9.17, 15) is 0 Å². The molecule has 0 aromatic carbocycles. The second-order valence-corrected chi connectivity index (χ2v) is 1.77. The molecule has 46 valence electrons. The summed E-state index contributed by atoms with van der Waals surface area (Å²) in [6, 6.07) is 0. The van der Waals surface area contributed by atoms with E-state index in [1.165, 1.54) is 0 Å². The normalized spacial score (nSPS) is 11.5. The average molecular weight is 112 g/mol. The Morgan fingerprint density at radius 3 is 2.38 bits per heavy atom. The van der Waals surface area contributed by atoms with Gasteiger partial charge in [0.05, 0.1) is 0 Å². The van der Waals surface area contributed by atoms with Crippen molar-refractivity contribution in [3.8, 4) is 0 Å². The molecule has 0 heterocycles. The quantitative estimate of drug-likeness (QED) is 0.519. The van der Waals surface area contributed by atoms with Gasteiger partial charge in [-0.05, 0) is 19.4 Å². The van der Waals surface area contributed by atoms with Crippen LogP contribution in [0.2, 0.25) is 0 Å². The molecule has 3 N–H and O–H groups in total. The van der Waals surface area contributed by atoms with E-state index >= 15 is 0 Å². The minimum absolute atomic E-state index is 0.588. The highest BCUT2D eigenvalue weighted by molar-refractivity contribution is 5.92. The third kappa shape index (κ3) is 3.40. The summed E-state index contributed by atoms with van der Waals surface area (Å²) in [6.07, 6.45) is 2.43. The highest BCUT2D eigenvalue weighted by atomic mass is 14.6. The molecule has 8 heavy (non-hydrogen) atoms. The summed E-state index contributed by atoms with van der Waals surface area (Å²) < 4.78 is 0. The summed E-state index contributed by atoms with van der Waals surface area (Å²) in [4.78, 5) is 0. The molecule has 2 heteroatoms. The third-order valence-electron chi connectivity index (χ3n) is 0.783. The van der Waals surface area contributed by atoms with Crippen LogP contribution in [0.5, 0.6) is 0 Å². The van der Waals surface area contributed by atoms with Crippen molar-refractivity contribution in [3.05, 3.63) is 11.8 Å². The zero-order chi connectivity index (χ0) is 6.57. The lowest BCUT2D eigenvalue weighted by Crippen LogP contribution is -1.95. The lowest BCUT2D eigenvalue weighted by Gasteiger charge is -1.89. The minimum Gasteiger partial charge on any atom is -0.402 e. The number of nitrogens with one attached hydrogen (secondary N) is 1. The molecule has 0 saturated heterocycles. The molecule has 0 aliphatic carbocycles. The van der Waals surface area contributed by atoms with Crippen LogP contribution in [-0.2, 0) is 0 Å². The van der Waals surface area contributed by atoms with Crippen LogP contribution in [0, 0.1) is 5.41 Å².